The van der Waals surface area contributed by atoms with Gasteiger partial charge < -0.3 is 15.0 Å². The number of nitrogens with zero attached hydrogens (tertiary/aromatic N) is 1. The highest BCUT2D eigenvalue weighted by atomic mass is 79.9. The number of benzene rings is 1. The minimum Gasteiger partial charge on any atom is -0.505 e. The van der Waals surface area contributed by atoms with E-state index in [0.717, 1.165) is 23.5 Å². The summed E-state index contributed by atoms with van der Waals surface area (Å²) in [4.78, 5) is 12.2. The molecule has 0 unspecified atom stereocenters. The zero-order valence-electron chi connectivity index (χ0n) is 10.9. The number of rotatable bonds is 4. The number of nitrogens with one attached hydrogen (secondary N) is 1. The quantitative estimate of drug-likeness (QED) is 0.832. The van der Waals surface area contributed by atoms with Gasteiger partial charge in [-0.3, -0.25) is 4.79 Å². The molecule has 1 amide bonds. The number of aromatic nitrogens is 1. The molecule has 2 rings (SSSR count). The maximum Gasteiger partial charge on any atom is 0.272 e. The molecule has 1 heterocycles. The van der Waals surface area contributed by atoms with Gasteiger partial charge in [0.15, 0.2) is 11.6 Å². The lowest BCUT2D eigenvalue weighted by atomic mass is 10.2. The van der Waals surface area contributed by atoms with Crippen LogP contribution in [0.15, 0.2) is 34.9 Å². The van der Waals surface area contributed by atoms with Crippen molar-refractivity contribution in [3.63, 3.8) is 0 Å². The molecule has 106 valence electrons. The van der Waals surface area contributed by atoms with Crippen LogP contribution in [0.2, 0.25) is 0 Å². The Morgan fingerprint density at radius 3 is 2.85 bits per heavy atom. The highest BCUT2D eigenvalue weighted by Gasteiger charge is 2.13. The normalized spacial score (nSPS) is 10.6. The molecule has 0 aliphatic rings. The van der Waals surface area contributed by atoms with Gasteiger partial charge >= 0.3 is 0 Å². The zero-order chi connectivity index (χ0) is 14.7. The van der Waals surface area contributed by atoms with Crippen LogP contribution >= 0.6 is 15.9 Å². The molecule has 20 heavy (non-hydrogen) atoms. The highest BCUT2D eigenvalue weighted by Crippen LogP contribution is 2.21. The fraction of sp³-hybridized carbons (Fsp3) is 0.214. The van der Waals surface area contributed by atoms with Crippen molar-refractivity contribution in [2.24, 2.45) is 0 Å². The van der Waals surface area contributed by atoms with Crippen LogP contribution in [0, 0.1) is 5.82 Å². The number of carbonyl (C=O) groups excluding carboxylic acids is 1. The van der Waals surface area contributed by atoms with E-state index in [2.05, 4.69) is 21.2 Å². The Balaban J connectivity index is 2.21. The van der Waals surface area contributed by atoms with Gasteiger partial charge in [0.05, 0.1) is 0 Å². The molecular formula is C14H14BrFN2O2. The summed E-state index contributed by atoms with van der Waals surface area (Å²) in [6.45, 7) is 2.74. The van der Waals surface area contributed by atoms with Crippen molar-refractivity contribution < 1.29 is 14.3 Å². The molecule has 4 nitrogen and oxygen atoms in total. The van der Waals surface area contributed by atoms with Gasteiger partial charge in [-0.25, -0.2) is 4.39 Å². The van der Waals surface area contributed by atoms with Crippen molar-refractivity contribution in [2.75, 3.05) is 5.32 Å². The van der Waals surface area contributed by atoms with Crippen LogP contribution in [0.5, 0.6) is 5.75 Å². The fourth-order valence-corrected chi connectivity index (χ4v) is 2.33. The Kier molecular flexibility index (Phi) is 4.44. The van der Waals surface area contributed by atoms with Crippen LogP contribution < -0.4 is 5.32 Å². The number of amides is 1. The summed E-state index contributed by atoms with van der Waals surface area (Å²) in [5.74, 6) is -1.54. The summed E-state index contributed by atoms with van der Waals surface area (Å²) in [7, 11) is 0. The lowest BCUT2D eigenvalue weighted by Gasteiger charge is -2.09. The number of hydrogen-bond acceptors (Lipinski definition) is 2. The third-order valence-electron chi connectivity index (χ3n) is 2.77. The zero-order valence-corrected chi connectivity index (χ0v) is 12.4. The topological polar surface area (TPSA) is 54.3 Å². The Bertz CT molecular complexity index is 640. The van der Waals surface area contributed by atoms with E-state index in [0.29, 0.717) is 11.4 Å². The Hall–Kier alpha value is -1.82. The van der Waals surface area contributed by atoms with E-state index in [1.165, 1.54) is 12.1 Å². The molecule has 2 N–H and O–H groups in total. The molecule has 0 fully saturated rings. The van der Waals surface area contributed by atoms with E-state index in [9.17, 15) is 9.18 Å². The molecule has 0 radical (unpaired) electrons. The van der Waals surface area contributed by atoms with E-state index in [1.54, 1.807) is 6.07 Å². The van der Waals surface area contributed by atoms with Crippen LogP contribution in [0.25, 0.3) is 0 Å². The molecule has 1 aromatic carbocycles. The SMILES string of the molecule is CCCn1cc(Br)cc1C(=O)Nc1ccc(O)c(F)c1. The number of phenols is 1. The van der Waals surface area contributed by atoms with Gasteiger partial charge in [0.1, 0.15) is 5.69 Å². The molecule has 0 atom stereocenters. The molecule has 0 spiro atoms. The first-order valence-corrected chi connectivity index (χ1v) is 6.96. The van der Waals surface area contributed by atoms with Crippen LogP contribution in [0.3, 0.4) is 0 Å². The van der Waals surface area contributed by atoms with Crippen LogP contribution in [-0.2, 0) is 6.54 Å². The van der Waals surface area contributed by atoms with Gasteiger partial charge in [0.2, 0.25) is 0 Å². The lowest BCUT2D eigenvalue weighted by Crippen LogP contribution is -2.16. The van der Waals surface area contributed by atoms with Crippen LogP contribution in [0.4, 0.5) is 10.1 Å². The van der Waals surface area contributed by atoms with Gasteiger partial charge in [-0.1, -0.05) is 6.92 Å². The maximum absolute atomic E-state index is 13.2. The molecule has 2 aromatic rings. The predicted octanol–water partition coefficient (Wildman–Crippen LogP) is 3.76. The minimum absolute atomic E-state index is 0.297. The monoisotopic (exact) mass is 340 g/mol. The van der Waals surface area contributed by atoms with Crippen LogP contribution in [0.1, 0.15) is 23.8 Å². The van der Waals surface area contributed by atoms with Crippen LogP contribution in [-0.4, -0.2) is 15.6 Å². The molecule has 0 saturated carbocycles. The average Bonchev–Trinajstić information content (AvgIpc) is 2.75. The maximum atomic E-state index is 13.2. The van der Waals surface area contributed by atoms with Crippen molar-refractivity contribution in [1.29, 1.82) is 0 Å². The standard InChI is InChI=1S/C14H14BrFN2O2/c1-2-5-18-8-9(15)6-12(18)14(20)17-10-3-4-13(19)11(16)7-10/h3-4,6-8,19H,2,5H2,1H3,(H,17,20). The number of anilines is 1. The summed E-state index contributed by atoms with van der Waals surface area (Å²) >= 11 is 3.33. The first kappa shape index (κ1) is 14.6. The molecule has 0 bridgehead atoms. The van der Waals surface area contributed by atoms with Gasteiger partial charge in [-0.15, -0.1) is 0 Å². The lowest BCUT2D eigenvalue weighted by molar-refractivity contribution is 0.101. The number of carbonyl (C=O) groups is 1. The minimum atomic E-state index is -0.770. The first-order chi connectivity index (χ1) is 9.51. The van der Waals surface area contributed by atoms with E-state index in [4.69, 9.17) is 5.11 Å². The van der Waals surface area contributed by atoms with Gasteiger partial charge in [-0.2, -0.15) is 0 Å². The van der Waals surface area contributed by atoms with Crippen molar-refractivity contribution >= 4 is 27.5 Å². The van der Waals surface area contributed by atoms with Gasteiger partial charge in [0.25, 0.3) is 5.91 Å². The Labute approximate surface area is 124 Å². The molecular weight excluding hydrogens is 327 g/mol. The second-order valence-electron chi connectivity index (χ2n) is 4.36. The summed E-state index contributed by atoms with van der Waals surface area (Å²) in [6, 6.07) is 5.43. The number of halogens is 2. The van der Waals surface area contributed by atoms with Crippen molar-refractivity contribution in [3.05, 3.63) is 46.4 Å². The summed E-state index contributed by atoms with van der Waals surface area (Å²) < 4.78 is 15.9. The third-order valence-corrected chi connectivity index (χ3v) is 3.20. The average molecular weight is 341 g/mol. The summed E-state index contributed by atoms with van der Waals surface area (Å²) in [5.41, 5.74) is 0.790. The smallest absolute Gasteiger partial charge is 0.272 e. The highest BCUT2D eigenvalue weighted by molar-refractivity contribution is 9.10. The Morgan fingerprint density at radius 1 is 1.45 bits per heavy atom. The molecule has 0 aliphatic carbocycles. The number of aromatic hydroxyl groups is 1. The molecule has 6 heteroatoms. The Morgan fingerprint density at radius 2 is 2.20 bits per heavy atom. The van der Waals surface area contributed by atoms with E-state index in [-0.39, 0.29) is 5.91 Å². The second-order valence-corrected chi connectivity index (χ2v) is 5.27. The predicted molar refractivity (Wildman–Crippen MR) is 78.4 cm³/mol. The summed E-state index contributed by atoms with van der Waals surface area (Å²) in [5, 5.41) is 11.7. The van der Waals surface area contributed by atoms with Gasteiger partial charge in [-0.05, 0) is 40.5 Å². The number of phenolic OH excluding ortho intramolecular Hbond substituents is 1. The first-order valence-electron chi connectivity index (χ1n) is 6.16. The number of hydrogen-bond donors (Lipinski definition) is 2. The van der Waals surface area contributed by atoms with E-state index < -0.39 is 11.6 Å². The van der Waals surface area contributed by atoms with Crippen molar-refractivity contribution in [1.82, 2.24) is 4.57 Å². The molecule has 0 saturated heterocycles. The molecule has 0 aliphatic heterocycles. The third kappa shape index (κ3) is 3.19. The number of aryl methyl sites for hydroxylation is 1. The summed E-state index contributed by atoms with van der Waals surface area (Å²) in [6.07, 6.45) is 2.73. The van der Waals surface area contributed by atoms with E-state index >= 15 is 0 Å². The fourth-order valence-electron chi connectivity index (χ4n) is 1.87. The largest absolute Gasteiger partial charge is 0.505 e. The van der Waals surface area contributed by atoms with Crippen molar-refractivity contribution in [2.45, 2.75) is 19.9 Å². The van der Waals surface area contributed by atoms with E-state index in [1.807, 2.05) is 17.7 Å². The van der Waals surface area contributed by atoms with Gasteiger partial charge in [0, 0.05) is 29.0 Å². The molecule has 1 aromatic heterocycles. The second kappa shape index (κ2) is 6.09. The van der Waals surface area contributed by atoms with Crippen molar-refractivity contribution in [3.8, 4) is 5.75 Å².